The first-order valence-electron chi connectivity index (χ1n) is 5.69. The van der Waals surface area contributed by atoms with Crippen molar-refractivity contribution in [1.29, 1.82) is 0 Å². The minimum absolute atomic E-state index is 0.615. The van der Waals surface area contributed by atoms with Gasteiger partial charge in [0, 0.05) is 23.3 Å². The van der Waals surface area contributed by atoms with Gasteiger partial charge in [-0.2, -0.15) is 5.10 Å². The van der Waals surface area contributed by atoms with Crippen LogP contribution in [0.2, 0.25) is 0 Å². The molecule has 0 bridgehead atoms. The highest BCUT2D eigenvalue weighted by atomic mass is 32.2. The Labute approximate surface area is 106 Å². The van der Waals surface area contributed by atoms with Gasteiger partial charge in [-0.1, -0.05) is 26.0 Å². The van der Waals surface area contributed by atoms with Crippen LogP contribution >= 0.6 is 11.8 Å². The van der Waals surface area contributed by atoms with Crippen molar-refractivity contribution in [1.82, 2.24) is 10.2 Å². The number of aromatic amines is 1. The second-order valence-electron chi connectivity index (χ2n) is 4.11. The van der Waals surface area contributed by atoms with Crippen molar-refractivity contribution in [3.8, 4) is 11.3 Å². The van der Waals surface area contributed by atoms with Gasteiger partial charge in [-0.05, 0) is 17.7 Å². The molecule has 0 fully saturated rings. The largest absolute Gasteiger partial charge is 0.372 e. The fourth-order valence-electron chi connectivity index (χ4n) is 1.58. The average Bonchev–Trinajstić information content (AvgIpc) is 2.78. The summed E-state index contributed by atoms with van der Waals surface area (Å²) in [5.74, 6) is 0.862. The summed E-state index contributed by atoms with van der Waals surface area (Å²) in [5, 5.41) is 10.8. The van der Waals surface area contributed by atoms with Gasteiger partial charge in [-0.15, -0.1) is 11.8 Å². The van der Waals surface area contributed by atoms with Crippen LogP contribution in [0.3, 0.4) is 0 Å². The molecule has 0 aliphatic heterocycles. The summed E-state index contributed by atoms with van der Waals surface area (Å²) in [6.07, 6.45) is 0. The summed E-state index contributed by atoms with van der Waals surface area (Å²) >= 11 is 1.87. The molecule has 17 heavy (non-hydrogen) atoms. The van der Waals surface area contributed by atoms with Crippen LogP contribution in [0.15, 0.2) is 35.2 Å². The Bertz CT molecular complexity index is 474. The zero-order valence-electron chi connectivity index (χ0n) is 10.3. The van der Waals surface area contributed by atoms with Gasteiger partial charge in [-0.3, -0.25) is 5.10 Å². The van der Waals surface area contributed by atoms with Crippen LogP contribution in [0, 0.1) is 0 Å². The monoisotopic (exact) mass is 247 g/mol. The number of H-pyrrole nitrogens is 1. The Kier molecular flexibility index (Phi) is 3.74. The number of hydrogen-bond donors (Lipinski definition) is 2. The summed E-state index contributed by atoms with van der Waals surface area (Å²) in [7, 11) is 1.86. The number of nitrogens with zero attached hydrogens (tertiary/aromatic N) is 1. The van der Waals surface area contributed by atoms with E-state index in [0.717, 1.165) is 17.1 Å². The molecule has 1 aromatic carbocycles. The molecule has 0 atom stereocenters. The number of nitrogens with one attached hydrogen (secondary N) is 2. The van der Waals surface area contributed by atoms with Crippen LogP contribution in [-0.2, 0) is 0 Å². The van der Waals surface area contributed by atoms with Gasteiger partial charge in [0.25, 0.3) is 0 Å². The Morgan fingerprint density at radius 1 is 1.24 bits per heavy atom. The number of thioether (sulfide) groups is 1. The first-order chi connectivity index (χ1) is 8.19. The second kappa shape index (κ2) is 5.27. The summed E-state index contributed by atoms with van der Waals surface area (Å²) < 4.78 is 0. The van der Waals surface area contributed by atoms with Crippen molar-refractivity contribution in [2.45, 2.75) is 24.0 Å². The third-order valence-corrected chi connectivity index (χ3v) is 3.39. The summed E-state index contributed by atoms with van der Waals surface area (Å²) in [6, 6.07) is 10.6. The molecule has 0 amide bonds. The van der Waals surface area contributed by atoms with Crippen molar-refractivity contribution in [2.75, 3.05) is 12.4 Å². The molecule has 3 nitrogen and oxygen atoms in total. The lowest BCUT2D eigenvalue weighted by atomic mass is 10.1. The molecular weight excluding hydrogens is 230 g/mol. The highest BCUT2D eigenvalue weighted by Gasteiger charge is 2.03. The first kappa shape index (κ1) is 12.0. The average molecular weight is 247 g/mol. The number of hydrogen-bond acceptors (Lipinski definition) is 3. The molecular formula is C13H17N3S. The molecule has 4 heteroatoms. The van der Waals surface area contributed by atoms with E-state index in [-0.39, 0.29) is 0 Å². The molecule has 0 saturated heterocycles. The Balaban J connectivity index is 2.17. The van der Waals surface area contributed by atoms with Crippen LogP contribution in [0.1, 0.15) is 13.8 Å². The fourth-order valence-corrected chi connectivity index (χ4v) is 2.42. The molecule has 0 aliphatic carbocycles. The topological polar surface area (TPSA) is 40.7 Å². The lowest BCUT2D eigenvalue weighted by Gasteiger charge is -2.05. The van der Waals surface area contributed by atoms with Gasteiger partial charge in [0.2, 0.25) is 0 Å². The highest BCUT2D eigenvalue weighted by molar-refractivity contribution is 7.99. The first-order valence-corrected chi connectivity index (χ1v) is 6.57. The standard InChI is InChI=1S/C13H17N3S/c1-9(2)17-11-6-4-10(5-7-11)12-8-13(14-3)16-15-12/h4-9H,1-3H3,(H2,14,15,16). The van der Waals surface area contributed by atoms with Crippen LogP contribution in [0.4, 0.5) is 5.82 Å². The van der Waals surface area contributed by atoms with Crippen LogP contribution in [0.25, 0.3) is 11.3 Å². The highest BCUT2D eigenvalue weighted by Crippen LogP contribution is 2.26. The van der Waals surface area contributed by atoms with E-state index >= 15 is 0 Å². The van der Waals surface area contributed by atoms with E-state index in [4.69, 9.17) is 0 Å². The van der Waals surface area contributed by atoms with Gasteiger partial charge in [0.15, 0.2) is 0 Å². The van der Waals surface area contributed by atoms with E-state index < -0.39 is 0 Å². The van der Waals surface area contributed by atoms with Crippen molar-refractivity contribution in [2.24, 2.45) is 0 Å². The van der Waals surface area contributed by atoms with E-state index in [1.807, 2.05) is 24.9 Å². The van der Waals surface area contributed by atoms with Crippen LogP contribution in [0.5, 0.6) is 0 Å². The molecule has 0 unspecified atom stereocenters. The fraction of sp³-hybridized carbons (Fsp3) is 0.308. The van der Waals surface area contributed by atoms with Crippen molar-refractivity contribution >= 4 is 17.6 Å². The van der Waals surface area contributed by atoms with Gasteiger partial charge < -0.3 is 5.32 Å². The van der Waals surface area contributed by atoms with Gasteiger partial charge in [0.1, 0.15) is 5.82 Å². The van der Waals surface area contributed by atoms with Crippen molar-refractivity contribution < 1.29 is 0 Å². The lowest BCUT2D eigenvalue weighted by molar-refractivity contribution is 1.09. The number of anilines is 1. The Hall–Kier alpha value is -1.42. The quantitative estimate of drug-likeness (QED) is 0.811. The summed E-state index contributed by atoms with van der Waals surface area (Å²) in [5.41, 5.74) is 2.20. The molecule has 2 aromatic rings. The molecule has 90 valence electrons. The number of aromatic nitrogens is 2. The molecule has 2 rings (SSSR count). The van der Waals surface area contributed by atoms with E-state index in [9.17, 15) is 0 Å². The molecule has 0 spiro atoms. The molecule has 1 heterocycles. The summed E-state index contributed by atoms with van der Waals surface area (Å²) in [4.78, 5) is 1.30. The Morgan fingerprint density at radius 3 is 2.47 bits per heavy atom. The van der Waals surface area contributed by atoms with E-state index in [1.54, 1.807) is 0 Å². The van der Waals surface area contributed by atoms with Crippen LogP contribution < -0.4 is 5.32 Å². The molecule has 1 aromatic heterocycles. The molecule has 0 radical (unpaired) electrons. The third kappa shape index (κ3) is 3.03. The van der Waals surface area contributed by atoms with Gasteiger partial charge >= 0.3 is 0 Å². The number of rotatable bonds is 4. The SMILES string of the molecule is CNc1cc(-c2ccc(SC(C)C)cc2)[nH]n1. The zero-order valence-corrected chi connectivity index (χ0v) is 11.1. The molecule has 0 aliphatic rings. The molecule has 0 saturated carbocycles. The third-order valence-electron chi connectivity index (χ3n) is 2.37. The Morgan fingerprint density at radius 2 is 1.94 bits per heavy atom. The zero-order chi connectivity index (χ0) is 12.3. The normalized spacial score (nSPS) is 10.8. The van der Waals surface area contributed by atoms with Crippen LogP contribution in [-0.4, -0.2) is 22.5 Å². The van der Waals surface area contributed by atoms with E-state index in [0.29, 0.717) is 5.25 Å². The second-order valence-corrected chi connectivity index (χ2v) is 5.76. The maximum absolute atomic E-state index is 4.14. The van der Waals surface area contributed by atoms with E-state index in [2.05, 4.69) is 53.6 Å². The minimum atomic E-state index is 0.615. The molecule has 2 N–H and O–H groups in total. The predicted octanol–water partition coefficient (Wildman–Crippen LogP) is 3.62. The van der Waals surface area contributed by atoms with E-state index in [1.165, 1.54) is 4.90 Å². The van der Waals surface area contributed by atoms with Gasteiger partial charge in [0.05, 0.1) is 5.69 Å². The maximum atomic E-state index is 4.14. The summed E-state index contributed by atoms with van der Waals surface area (Å²) in [6.45, 7) is 4.40. The van der Waals surface area contributed by atoms with Crippen molar-refractivity contribution in [3.05, 3.63) is 30.3 Å². The lowest BCUT2D eigenvalue weighted by Crippen LogP contribution is -1.85. The smallest absolute Gasteiger partial charge is 0.148 e. The predicted molar refractivity (Wildman–Crippen MR) is 74.6 cm³/mol. The van der Waals surface area contributed by atoms with Gasteiger partial charge in [-0.25, -0.2) is 0 Å². The minimum Gasteiger partial charge on any atom is -0.372 e. The number of benzene rings is 1. The van der Waals surface area contributed by atoms with Crippen molar-refractivity contribution in [3.63, 3.8) is 0 Å². The maximum Gasteiger partial charge on any atom is 0.148 e.